The fourth-order valence-corrected chi connectivity index (χ4v) is 5.27. The lowest BCUT2D eigenvalue weighted by atomic mass is 10.0. The first-order valence-electron chi connectivity index (χ1n) is 8.12. The lowest BCUT2D eigenvalue weighted by Crippen LogP contribution is -2.49. The average molecular weight is 400 g/mol. The maximum absolute atomic E-state index is 13.1. The van der Waals surface area contributed by atoms with E-state index in [1.807, 2.05) is 24.4 Å². The molecular formula is C16H21N3O3S3. The summed E-state index contributed by atoms with van der Waals surface area (Å²) < 4.78 is 25.3. The first-order chi connectivity index (χ1) is 11.8. The number of hydrogen-bond donors (Lipinski definition) is 1. The van der Waals surface area contributed by atoms with Gasteiger partial charge in [0, 0.05) is 19.1 Å². The quantitative estimate of drug-likeness (QED) is 0.838. The summed E-state index contributed by atoms with van der Waals surface area (Å²) in [7, 11) is -3.27. The van der Waals surface area contributed by atoms with Gasteiger partial charge < -0.3 is 4.90 Å². The van der Waals surface area contributed by atoms with E-state index in [2.05, 4.69) is 9.71 Å². The number of aromatic nitrogens is 1. The number of carbonyl (C=O) groups is 1. The summed E-state index contributed by atoms with van der Waals surface area (Å²) in [5, 5.41) is 2.85. The zero-order valence-corrected chi connectivity index (χ0v) is 16.6. The second-order valence-electron chi connectivity index (χ2n) is 6.18. The van der Waals surface area contributed by atoms with Crippen molar-refractivity contribution < 1.29 is 13.2 Å². The largest absolute Gasteiger partial charge is 0.334 e. The molecule has 1 N–H and O–H groups in total. The molecule has 3 rings (SSSR count). The summed E-state index contributed by atoms with van der Waals surface area (Å²) in [6.45, 7) is 2.77. The molecule has 1 unspecified atom stereocenters. The maximum atomic E-state index is 13.1. The van der Waals surface area contributed by atoms with Crippen LogP contribution in [0.25, 0.3) is 9.88 Å². The summed E-state index contributed by atoms with van der Waals surface area (Å²) in [6, 6.07) is 3.86. The van der Waals surface area contributed by atoms with Crippen LogP contribution in [0.5, 0.6) is 0 Å². The minimum Gasteiger partial charge on any atom is -0.334 e. The van der Waals surface area contributed by atoms with E-state index in [4.69, 9.17) is 0 Å². The zero-order valence-electron chi connectivity index (χ0n) is 14.2. The summed E-state index contributed by atoms with van der Waals surface area (Å²) >= 11 is 3.02. The van der Waals surface area contributed by atoms with Crippen LogP contribution in [0, 0.1) is 6.92 Å². The van der Waals surface area contributed by atoms with Gasteiger partial charge >= 0.3 is 0 Å². The highest BCUT2D eigenvalue weighted by molar-refractivity contribution is 7.88. The van der Waals surface area contributed by atoms with Crippen molar-refractivity contribution in [3.8, 4) is 9.88 Å². The fourth-order valence-electron chi connectivity index (χ4n) is 2.96. The van der Waals surface area contributed by atoms with Crippen LogP contribution in [0.1, 0.15) is 34.6 Å². The molecule has 0 aromatic carbocycles. The Morgan fingerprint density at radius 1 is 1.44 bits per heavy atom. The molecule has 1 fully saturated rings. The average Bonchev–Trinajstić information content (AvgIpc) is 3.21. The second kappa shape index (κ2) is 7.53. The number of nitrogens with one attached hydrogen (secondary N) is 1. The first-order valence-corrected chi connectivity index (χ1v) is 11.7. The molecule has 0 saturated carbocycles. The molecule has 1 atom stereocenters. The van der Waals surface area contributed by atoms with Crippen LogP contribution in [0.3, 0.4) is 0 Å². The smallest absolute Gasteiger partial charge is 0.266 e. The number of carbonyl (C=O) groups excluding carboxylic acids is 1. The first kappa shape index (κ1) is 18.5. The number of hydrogen-bond acceptors (Lipinski definition) is 6. The molecule has 0 spiro atoms. The number of thiazole rings is 1. The van der Waals surface area contributed by atoms with Crippen molar-refractivity contribution in [2.24, 2.45) is 0 Å². The minimum atomic E-state index is -3.27. The van der Waals surface area contributed by atoms with E-state index in [-0.39, 0.29) is 18.5 Å². The van der Waals surface area contributed by atoms with Crippen molar-refractivity contribution >= 4 is 38.6 Å². The van der Waals surface area contributed by atoms with Crippen LogP contribution in [-0.2, 0) is 10.0 Å². The molecule has 1 saturated heterocycles. The minimum absolute atomic E-state index is 0.0437. The van der Waals surface area contributed by atoms with Crippen molar-refractivity contribution in [1.82, 2.24) is 14.6 Å². The summed E-state index contributed by atoms with van der Waals surface area (Å²) in [6.07, 6.45) is 3.89. The third-order valence-corrected chi connectivity index (χ3v) is 7.07. The van der Waals surface area contributed by atoms with Crippen LogP contribution in [0.4, 0.5) is 0 Å². The molecule has 0 aliphatic carbocycles. The Morgan fingerprint density at radius 3 is 2.92 bits per heavy atom. The third-order valence-electron chi connectivity index (χ3n) is 4.19. The van der Waals surface area contributed by atoms with Gasteiger partial charge in [0.1, 0.15) is 9.88 Å². The van der Waals surface area contributed by atoms with E-state index in [1.54, 1.807) is 16.2 Å². The van der Waals surface area contributed by atoms with Gasteiger partial charge in [-0.3, -0.25) is 4.79 Å². The molecule has 1 aliphatic heterocycles. The van der Waals surface area contributed by atoms with E-state index in [0.29, 0.717) is 11.4 Å². The summed E-state index contributed by atoms with van der Waals surface area (Å²) in [5.41, 5.74) is 0.735. The Hall–Kier alpha value is -1.29. The van der Waals surface area contributed by atoms with Gasteiger partial charge in [-0.05, 0) is 37.6 Å². The highest BCUT2D eigenvalue weighted by Gasteiger charge is 2.30. The molecule has 2 aromatic heterocycles. The number of nitrogens with zero attached hydrogens (tertiary/aromatic N) is 2. The normalized spacial score (nSPS) is 18.5. The number of sulfonamides is 1. The maximum Gasteiger partial charge on any atom is 0.266 e. The molecule has 25 heavy (non-hydrogen) atoms. The second-order valence-corrected chi connectivity index (χ2v) is 9.96. The standard InChI is InChI=1S/C16H21N3O3S3/c1-11-14(24-15(18-11)13-7-5-9-23-13)16(20)19-8-4-3-6-12(19)10-17-25(2,21)22/h5,7,9,12,17H,3-4,6,8,10H2,1-2H3. The highest BCUT2D eigenvalue weighted by Crippen LogP contribution is 2.32. The Balaban J connectivity index is 1.80. The molecule has 1 amide bonds. The molecule has 9 heteroatoms. The number of piperidine rings is 1. The number of aryl methyl sites for hydroxylation is 1. The Labute approximate surface area is 155 Å². The molecule has 6 nitrogen and oxygen atoms in total. The van der Waals surface area contributed by atoms with Gasteiger partial charge in [0.25, 0.3) is 5.91 Å². The summed E-state index contributed by atoms with van der Waals surface area (Å²) in [5.74, 6) is -0.0437. The molecule has 0 bridgehead atoms. The van der Waals surface area contributed by atoms with E-state index in [9.17, 15) is 13.2 Å². The molecule has 3 heterocycles. The van der Waals surface area contributed by atoms with Crippen molar-refractivity contribution in [2.45, 2.75) is 32.2 Å². The monoisotopic (exact) mass is 399 g/mol. The van der Waals surface area contributed by atoms with Crippen molar-refractivity contribution in [3.63, 3.8) is 0 Å². The van der Waals surface area contributed by atoms with Crippen molar-refractivity contribution in [2.75, 3.05) is 19.3 Å². The SMILES string of the molecule is Cc1nc(-c2cccs2)sc1C(=O)N1CCCCC1CNS(C)(=O)=O. The van der Waals surface area contributed by atoms with Crippen LogP contribution < -0.4 is 4.72 Å². The van der Waals surface area contributed by atoms with Crippen LogP contribution in [0.15, 0.2) is 17.5 Å². The van der Waals surface area contributed by atoms with Crippen molar-refractivity contribution in [3.05, 3.63) is 28.1 Å². The van der Waals surface area contributed by atoms with E-state index in [1.165, 1.54) is 11.3 Å². The van der Waals surface area contributed by atoms with Gasteiger partial charge in [-0.25, -0.2) is 18.1 Å². The Kier molecular flexibility index (Phi) is 5.57. The van der Waals surface area contributed by atoms with Gasteiger partial charge in [-0.1, -0.05) is 6.07 Å². The molecule has 2 aromatic rings. The van der Waals surface area contributed by atoms with E-state index in [0.717, 1.165) is 41.1 Å². The number of rotatable bonds is 5. The van der Waals surface area contributed by atoms with E-state index >= 15 is 0 Å². The highest BCUT2D eigenvalue weighted by atomic mass is 32.2. The number of thiophene rings is 1. The van der Waals surface area contributed by atoms with E-state index < -0.39 is 10.0 Å². The topological polar surface area (TPSA) is 79.4 Å². The predicted octanol–water partition coefficient (Wildman–Crippen LogP) is 2.72. The van der Waals surface area contributed by atoms with Gasteiger partial charge in [0.2, 0.25) is 10.0 Å². The molecular weight excluding hydrogens is 378 g/mol. The Bertz CT molecular complexity index is 843. The summed E-state index contributed by atoms with van der Waals surface area (Å²) in [4.78, 5) is 21.1. The fraction of sp³-hybridized carbons (Fsp3) is 0.500. The lowest BCUT2D eigenvalue weighted by Gasteiger charge is -2.35. The molecule has 0 radical (unpaired) electrons. The molecule has 1 aliphatic rings. The van der Waals surface area contributed by atoms with Gasteiger partial charge in [-0.2, -0.15) is 0 Å². The third kappa shape index (κ3) is 4.46. The van der Waals surface area contributed by atoms with Crippen molar-refractivity contribution in [1.29, 1.82) is 0 Å². The van der Waals surface area contributed by atoms with Crippen LogP contribution in [-0.4, -0.2) is 49.6 Å². The van der Waals surface area contributed by atoms with Gasteiger partial charge in [0.05, 0.1) is 16.8 Å². The zero-order chi connectivity index (χ0) is 18.0. The number of likely N-dealkylation sites (tertiary alicyclic amines) is 1. The van der Waals surface area contributed by atoms with Crippen LogP contribution >= 0.6 is 22.7 Å². The predicted molar refractivity (Wildman–Crippen MR) is 102 cm³/mol. The van der Waals surface area contributed by atoms with Gasteiger partial charge in [0.15, 0.2) is 0 Å². The lowest BCUT2D eigenvalue weighted by molar-refractivity contribution is 0.0623. The van der Waals surface area contributed by atoms with Crippen LogP contribution in [0.2, 0.25) is 0 Å². The Morgan fingerprint density at radius 2 is 2.24 bits per heavy atom. The molecule has 136 valence electrons. The van der Waals surface area contributed by atoms with Gasteiger partial charge in [-0.15, -0.1) is 22.7 Å². The number of amides is 1.